The highest BCUT2D eigenvalue weighted by Crippen LogP contribution is 2.33. The summed E-state index contributed by atoms with van der Waals surface area (Å²) < 4.78 is 0. The average molecular weight is 362 g/mol. The highest BCUT2D eigenvalue weighted by molar-refractivity contribution is 6.01. The number of hydrogen-bond donors (Lipinski definition) is 0. The maximum atomic E-state index is 13.0. The first-order valence-corrected chi connectivity index (χ1v) is 9.41. The summed E-state index contributed by atoms with van der Waals surface area (Å²) in [6.45, 7) is 1.04. The van der Waals surface area contributed by atoms with Gasteiger partial charge in [-0.2, -0.15) is 0 Å². The first kappa shape index (κ1) is 17.5. The predicted molar refractivity (Wildman–Crippen MR) is 101 cm³/mol. The molecule has 138 valence electrons. The Hall–Kier alpha value is -2.95. The van der Waals surface area contributed by atoms with Crippen LogP contribution in [0.25, 0.3) is 0 Å². The molecule has 0 aliphatic carbocycles. The van der Waals surface area contributed by atoms with E-state index in [1.807, 2.05) is 35.2 Å². The number of imide groups is 1. The van der Waals surface area contributed by atoms with E-state index in [1.165, 1.54) is 10.5 Å². The maximum absolute atomic E-state index is 13.0. The van der Waals surface area contributed by atoms with Gasteiger partial charge in [-0.05, 0) is 36.1 Å². The molecule has 2 aromatic carbocycles. The number of rotatable bonds is 4. The molecule has 2 saturated heterocycles. The van der Waals surface area contributed by atoms with E-state index in [9.17, 15) is 14.4 Å². The third kappa shape index (κ3) is 3.50. The number of likely N-dealkylation sites (tertiary alicyclic amines) is 2. The molecule has 0 bridgehead atoms. The van der Waals surface area contributed by atoms with Crippen LogP contribution < -0.4 is 0 Å². The zero-order valence-electron chi connectivity index (χ0n) is 15.1. The Morgan fingerprint density at radius 3 is 2.26 bits per heavy atom. The van der Waals surface area contributed by atoms with Crippen molar-refractivity contribution in [2.45, 2.75) is 38.3 Å². The minimum Gasteiger partial charge on any atom is -0.332 e. The zero-order chi connectivity index (χ0) is 18.8. The van der Waals surface area contributed by atoms with Crippen LogP contribution in [0.3, 0.4) is 0 Å². The molecule has 0 radical (unpaired) electrons. The van der Waals surface area contributed by atoms with Gasteiger partial charge in [-0.3, -0.25) is 19.3 Å². The summed E-state index contributed by atoms with van der Waals surface area (Å²) in [6.07, 6.45) is 2.58. The molecule has 3 amide bonds. The molecule has 2 aliphatic rings. The molecule has 27 heavy (non-hydrogen) atoms. The van der Waals surface area contributed by atoms with Crippen molar-refractivity contribution in [1.29, 1.82) is 0 Å². The van der Waals surface area contributed by atoms with Gasteiger partial charge in [0.25, 0.3) is 5.91 Å². The van der Waals surface area contributed by atoms with Crippen LogP contribution in [0.4, 0.5) is 0 Å². The number of nitrogens with zero attached hydrogens (tertiary/aromatic N) is 2. The molecule has 1 atom stereocenters. The van der Waals surface area contributed by atoms with Gasteiger partial charge in [0, 0.05) is 24.9 Å². The highest BCUT2D eigenvalue weighted by atomic mass is 16.2. The molecule has 2 heterocycles. The van der Waals surface area contributed by atoms with Crippen molar-refractivity contribution in [1.82, 2.24) is 9.80 Å². The molecule has 4 rings (SSSR count). The van der Waals surface area contributed by atoms with Crippen LogP contribution in [0.5, 0.6) is 0 Å². The summed E-state index contributed by atoms with van der Waals surface area (Å²) in [4.78, 5) is 39.7. The second kappa shape index (κ2) is 7.35. The van der Waals surface area contributed by atoms with Crippen molar-refractivity contribution in [3.63, 3.8) is 0 Å². The standard InChI is InChI=1S/C22H22N2O3/c25-20-12-13-21(26)24(20)15-16-8-10-18(11-9-16)22(27)23-14-4-7-19(23)17-5-2-1-3-6-17/h1-3,5-6,8-11,19H,4,7,12-15H2. The number of benzene rings is 2. The molecule has 2 aliphatic heterocycles. The van der Waals surface area contributed by atoms with Gasteiger partial charge in [0.1, 0.15) is 0 Å². The highest BCUT2D eigenvalue weighted by Gasteiger charge is 2.31. The van der Waals surface area contributed by atoms with Gasteiger partial charge >= 0.3 is 0 Å². The van der Waals surface area contributed by atoms with Crippen molar-refractivity contribution < 1.29 is 14.4 Å². The summed E-state index contributed by atoms with van der Waals surface area (Å²) in [5.74, 6) is -0.216. The van der Waals surface area contributed by atoms with Crippen LogP contribution in [0, 0.1) is 0 Å². The molecule has 0 spiro atoms. The minimum absolute atomic E-state index is 0.0289. The van der Waals surface area contributed by atoms with E-state index in [4.69, 9.17) is 0 Å². The molecule has 5 heteroatoms. The van der Waals surface area contributed by atoms with E-state index in [-0.39, 0.29) is 30.3 Å². The monoisotopic (exact) mass is 362 g/mol. The first-order chi connectivity index (χ1) is 13.1. The van der Waals surface area contributed by atoms with Crippen LogP contribution in [0.2, 0.25) is 0 Å². The predicted octanol–water partition coefficient (Wildman–Crippen LogP) is 3.31. The van der Waals surface area contributed by atoms with Gasteiger partial charge in [0.05, 0.1) is 12.6 Å². The third-order valence-corrected chi connectivity index (χ3v) is 5.39. The van der Waals surface area contributed by atoms with Gasteiger partial charge < -0.3 is 4.90 Å². The van der Waals surface area contributed by atoms with Gasteiger partial charge in [0.2, 0.25) is 11.8 Å². The Morgan fingerprint density at radius 1 is 0.926 bits per heavy atom. The summed E-state index contributed by atoms with van der Waals surface area (Å²) in [5, 5.41) is 0. The van der Waals surface area contributed by atoms with Crippen LogP contribution in [-0.2, 0) is 16.1 Å². The fourth-order valence-corrected chi connectivity index (χ4v) is 3.93. The van der Waals surface area contributed by atoms with E-state index in [2.05, 4.69) is 12.1 Å². The summed E-state index contributed by atoms with van der Waals surface area (Å²) in [6, 6.07) is 17.5. The fraction of sp³-hybridized carbons (Fsp3) is 0.318. The lowest BCUT2D eigenvalue weighted by Crippen LogP contribution is -2.30. The van der Waals surface area contributed by atoms with Gasteiger partial charge in [-0.1, -0.05) is 42.5 Å². The second-order valence-electron chi connectivity index (χ2n) is 7.14. The molecule has 1 unspecified atom stereocenters. The Kier molecular flexibility index (Phi) is 4.75. The normalized spacial score (nSPS) is 19.8. The van der Waals surface area contributed by atoms with Crippen LogP contribution >= 0.6 is 0 Å². The lowest BCUT2D eigenvalue weighted by Gasteiger charge is -2.25. The van der Waals surface area contributed by atoms with Crippen LogP contribution in [0.15, 0.2) is 54.6 Å². The van der Waals surface area contributed by atoms with Crippen LogP contribution in [-0.4, -0.2) is 34.1 Å². The molecular formula is C22H22N2O3. The Morgan fingerprint density at radius 2 is 1.59 bits per heavy atom. The van der Waals surface area contributed by atoms with E-state index in [0.29, 0.717) is 18.4 Å². The Balaban J connectivity index is 1.47. The van der Waals surface area contributed by atoms with Gasteiger partial charge in [0.15, 0.2) is 0 Å². The lowest BCUT2D eigenvalue weighted by molar-refractivity contribution is -0.139. The molecular weight excluding hydrogens is 340 g/mol. The summed E-state index contributed by atoms with van der Waals surface area (Å²) in [5.41, 5.74) is 2.67. The Labute approximate surface area is 158 Å². The molecule has 0 aromatic heterocycles. The summed E-state index contributed by atoms with van der Waals surface area (Å²) in [7, 11) is 0. The number of amides is 3. The van der Waals surface area contributed by atoms with E-state index >= 15 is 0 Å². The van der Waals surface area contributed by atoms with E-state index in [0.717, 1.165) is 24.9 Å². The molecule has 2 fully saturated rings. The quantitative estimate of drug-likeness (QED) is 0.784. The van der Waals surface area contributed by atoms with Crippen molar-refractivity contribution in [2.75, 3.05) is 6.54 Å². The van der Waals surface area contributed by atoms with Crippen molar-refractivity contribution in [3.05, 3.63) is 71.3 Å². The fourth-order valence-electron chi connectivity index (χ4n) is 3.93. The molecule has 0 saturated carbocycles. The SMILES string of the molecule is O=C1CCC(=O)N1Cc1ccc(C(=O)N2CCCC2c2ccccc2)cc1. The average Bonchev–Trinajstić information content (AvgIpc) is 3.31. The Bertz CT molecular complexity index is 845. The smallest absolute Gasteiger partial charge is 0.254 e. The molecule has 2 aromatic rings. The minimum atomic E-state index is -0.122. The van der Waals surface area contributed by atoms with Gasteiger partial charge in [-0.25, -0.2) is 0 Å². The summed E-state index contributed by atoms with van der Waals surface area (Å²) >= 11 is 0. The van der Waals surface area contributed by atoms with Crippen molar-refractivity contribution in [3.8, 4) is 0 Å². The second-order valence-corrected chi connectivity index (χ2v) is 7.14. The van der Waals surface area contributed by atoms with Gasteiger partial charge in [-0.15, -0.1) is 0 Å². The molecule has 0 N–H and O–H groups in total. The first-order valence-electron chi connectivity index (χ1n) is 9.41. The zero-order valence-corrected chi connectivity index (χ0v) is 15.1. The third-order valence-electron chi connectivity index (χ3n) is 5.39. The van der Waals surface area contributed by atoms with E-state index in [1.54, 1.807) is 12.1 Å². The largest absolute Gasteiger partial charge is 0.332 e. The lowest BCUT2D eigenvalue weighted by atomic mass is 10.0. The van der Waals surface area contributed by atoms with Crippen molar-refractivity contribution in [2.24, 2.45) is 0 Å². The van der Waals surface area contributed by atoms with Crippen molar-refractivity contribution >= 4 is 17.7 Å². The molecule has 5 nitrogen and oxygen atoms in total. The van der Waals surface area contributed by atoms with E-state index < -0.39 is 0 Å². The van der Waals surface area contributed by atoms with Crippen LogP contribution in [0.1, 0.15) is 53.2 Å². The number of hydrogen-bond acceptors (Lipinski definition) is 3. The number of carbonyl (C=O) groups excluding carboxylic acids is 3. The maximum Gasteiger partial charge on any atom is 0.254 e. The number of carbonyl (C=O) groups is 3. The topological polar surface area (TPSA) is 57.7 Å².